The molecule has 2 bridgehead atoms. The lowest BCUT2D eigenvalue weighted by Crippen LogP contribution is -2.42. The van der Waals surface area contributed by atoms with Crippen molar-refractivity contribution in [2.75, 3.05) is 11.9 Å². The van der Waals surface area contributed by atoms with Crippen LogP contribution in [0.5, 0.6) is 0 Å². The summed E-state index contributed by atoms with van der Waals surface area (Å²) in [7, 11) is 0. The summed E-state index contributed by atoms with van der Waals surface area (Å²) in [5.74, 6) is -2.53. The maximum atomic E-state index is 13.6. The van der Waals surface area contributed by atoms with Crippen molar-refractivity contribution in [3.05, 3.63) is 68.5 Å². The first-order chi connectivity index (χ1) is 18.6. The van der Waals surface area contributed by atoms with E-state index in [0.717, 1.165) is 38.3 Å². The van der Waals surface area contributed by atoms with Gasteiger partial charge in [0.15, 0.2) is 0 Å². The van der Waals surface area contributed by atoms with Crippen molar-refractivity contribution in [2.45, 2.75) is 28.8 Å². The molecular weight excluding hydrogens is 555 g/mol. The number of halogens is 3. The molecule has 2 N–H and O–H groups in total. The van der Waals surface area contributed by atoms with Gasteiger partial charge in [-0.05, 0) is 54.5 Å². The quantitative estimate of drug-likeness (QED) is 0.452. The van der Waals surface area contributed by atoms with Gasteiger partial charge >= 0.3 is 11.0 Å². The molecule has 7 rings (SSSR count). The van der Waals surface area contributed by atoms with E-state index in [9.17, 15) is 32.3 Å². The Morgan fingerprint density at radius 3 is 2.59 bits per heavy atom. The first-order valence-corrected chi connectivity index (χ1v) is 14.1. The lowest BCUT2D eigenvalue weighted by atomic mass is 9.69. The average Bonchev–Trinajstić information content (AvgIpc) is 3.69. The minimum Gasteiger partial charge on any atom is -0.469 e. The number of H-pyrrole nitrogens is 1. The monoisotopic (exact) mass is 575 g/mol. The van der Waals surface area contributed by atoms with Gasteiger partial charge in [0.05, 0.1) is 39.5 Å². The highest BCUT2D eigenvalue weighted by Gasteiger charge is 2.69. The van der Waals surface area contributed by atoms with Crippen LogP contribution in [0.4, 0.5) is 18.9 Å². The first kappa shape index (κ1) is 24.7. The molecule has 4 heterocycles. The lowest BCUT2D eigenvalue weighted by Gasteiger charge is -2.42. The minimum absolute atomic E-state index is 0.0141. The maximum Gasteiger partial charge on any atom is 0.416 e. The lowest BCUT2D eigenvalue weighted by molar-refractivity contribution is -0.143. The predicted octanol–water partition coefficient (Wildman–Crippen LogP) is 4.16. The number of thiazole rings is 1. The van der Waals surface area contributed by atoms with E-state index in [2.05, 4.69) is 10.3 Å². The minimum atomic E-state index is -4.57. The summed E-state index contributed by atoms with van der Waals surface area (Å²) in [6.45, 7) is -0.564. The van der Waals surface area contributed by atoms with E-state index in [0.29, 0.717) is 12.2 Å². The molecule has 0 unspecified atom stereocenters. The predicted molar refractivity (Wildman–Crippen MR) is 134 cm³/mol. The number of furan rings is 1. The van der Waals surface area contributed by atoms with Crippen molar-refractivity contribution in [3.8, 4) is 0 Å². The number of hydrogen-bond donors (Lipinski definition) is 2. The molecule has 8 nitrogen and oxygen atoms in total. The van der Waals surface area contributed by atoms with Crippen LogP contribution < -0.4 is 10.2 Å². The molecule has 2 aromatic heterocycles. The molecule has 3 amide bonds. The number of benzene rings is 1. The molecule has 2 saturated carbocycles. The van der Waals surface area contributed by atoms with E-state index in [4.69, 9.17) is 4.42 Å². The molecule has 13 heteroatoms. The third kappa shape index (κ3) is 3.73. The number of hydrogen-bond acceptors (Lipinski definition) is 7. The van der Waals surface area contributed by atoms with Gasteiger partial charge < -0.3 is 14.7 Å². The zero-order valence-corrected chi connectivity index (χ0v) is 21.6. The molecule has 39 heavy (non-hydrogen) atoms. The highest BCUT2D eigenvalue weighted by atomic mass is 32.2. The molecule has 202 valence electrons. The third-order valence-corrected chi connectivity index (χ3v) is 11.0. The Balaban J connectivity index is 1.14. The number of anilines is 1. The van der Waals surface area contributed by atoms with Crippen LogP contribution in [0.25, 0.3) is 0 Å². The summed E-state index contributed by atoms with van der Waals surface area (Å²) < 4.78 is 44.9. The number of nitrogens with one attached hydrogen (secondary N) is 2. The van der Waals surface area contributed by atoms with Gasteiger partial charge in [0.2, 0.25) is 17.7 Å². The Kier molecular flexibility index (Phi) is 5.44. The van der Waals surface area contributed by atoms with Gasteiger partial charge in [-0.2, -0.15) is 13.2 Å². The van der Waals surface area contributed by atoms with Gasteiger partial charge in [-0.25, -0.2) is 0 Å². The highest BCUT2D eigenvalue weighted by molar-refractivity contribution is 8.00. The van der Waals surface area contributed by atoms with Gasteiger partial charge in [0, 0.05) is 10.9 Å². The summed E-state index contributed by atoms with van der Waals surface area (Å²) in [4.78, 5) is 56.6. The normalized spacial score (nSPS) is 30.8. The molecule has 1 saturated heterocycles. The fourth-order valence-electron chi connectivity index (χ4n) is 7.14. The smallest absolute Gasteiger partial charge is 0.416 e. The van der Waals surface area contributed by atoms with Crippen LogP contribution in [0.3, 0.4) is 0 Å². The van der Waals surface area contributed by atoms with Crippen LogP contribution in [0, 0.1) is 29.6 Å². The largest absolute Gasteiger partial charge is 0.469 e. The van der Waals surface area contributed by atoms with Crippen LogP contribution in [-0.2, 0) is 20.6 Å². The number of fused-ring (bicyclic) bond motifs is 9. The average molecular weight is 576 g/mol. The summed E-state index contributed by atoms with van der Waals surface area (Å²) in [6.07, 6.45) is -2.31. The topological polar surface area (TPSA) is 112 Å². The molecule has 4 aliphatic rings. The first-order valence-electron chi connectivity index (χ1n) is 12.4. The van der Waals surface area contributed by atoms with Crippen molar-refractivity contribution < 1.29 is 32.0 Å². The zero-order chi connectivity index (χ0) is 27.2. The number of amides is 3. The van der Waals surface area contributed by atoms with Crippen molar-refractivity contribution in [1.29, 1.82) is 0 Å². The SMILES string of the molecule is O=C(CN1C(=O)[C@@H]2[C@H]3C[C@@H]([C@H]2C1=O)[C@H]1[C@@H](c2ccco2)c2sc(=O)[nH]c2S[C@@H]31)Nc1cccc(C(F)(F)F)c1. The van der Waals surface area contributed by atoms with Crippen LogP contribution in [0.2, 0.25) is 0 Å². The third-order valence-electron chi connectivity index (χ3n) is 8.44. The molecule has 2 aliphatic carbocycles. The molecule has 3 aromatic rings. The molecule has 3 fully saturated rings. The van der Waals surface area contributed by atoms with E-state index in [1.54, 1.807) is 24.1 Å². The maximum absolute atomic E-state index is 13.6. The number of aromatic nitrogens is 1. The van der Waals surface area contributed by atoms with E-state index in [1.807, 2.05) is 6.07 Å². The summed E-state index contributed by atoms with van der Waals surface area (Å²) in [6, 6.07) is 7.83. The summed E-state index contributed by atoms with van der Waals surface area (Å²) >= 11 is 2.68. The number of nitrogens with zero attached hydrogens (tertiary/aromatic N) is 1. The molecular formula is C26H20F3N3O5S2. The second-order valence-electron chi connectivity index (χ2n) is 10.4. The van der Waals surface area contributed by atoms with Crippen LogP contribution in [-0.4, -0.2) is 39.4 Å². The second-order valence-corrected chi connectivity index (χ2v) is 12.6. The Labute approximate surface area is 226 Å². The number of alkyl halides is 3. The van der Waals surface area contributed by atoms with Crippen LogP contribution in [0.1, 0.15) is 28.5 Å². The van der Waals surface area contributed by atoms with Crippen molar-refractivity contribution in [3.63, 3.8) is 0 Å². The van der Waals surface area contributed by atoms with Crippen molar-refractivity contribution in [1.82, 2.24) is 9.88 Å². The Bertz CT molecular complexity index is 1560. The number of likely N-dealkylation sites (tertiary alicyclic amines) is 1. The number of carbonyl (C=O) groups excluding carboxylic acids is 3. The molecule has 0 radical (unpaired) electrons. The molecule has 7 atom stereocenters. The summed E-state index contributed by atoms with van der Waals surface area (Å²) in [5, 5.41) is 3.14. The Morgan fingerprint density at radius 1 is 1.10 bits per heavy atom. The van der Waals surface area contributed by atoms with E-state index >= 15 is 0 Å². The van der Waals surface area contributed by atoms with Crippen LogP contribution in [0.15, 0.2) is 56.9 Å². The second kappa shape index (κ2) is 8.59. The van der Waals surface area contributed by atoms with Gasteiger partial charge in [-0.3, -0.25) is 24.1 Å². The van der Waals surface area contributed by atoms with E-state index < -0.39 is 47.8 Å². The number of imide groups is 1. The van der Waals surface area contributed by atoms with Gasteiger partial charge in [-0.1, -0.05) is 17.4 Å². The van der Waals surface area contributed by atoms with Crippen LogP contribution >= 0.6 is 23.1 Å². The van der Waals surface area contributed by atoms with Gasteiger partial charge in [0.1, 0.15) is 12.3 Å². The molecule has 2 aliphatic heterocycles. The Morgan fingerprint density at radius 2 is 1.87 bits per heavy atom. The fourth-order valence-corrected chi connectivity index (χ4v) is 10.0. The van der Waals surface area contributed by atoms with Crippen molar-refractivity contribution >= 4 is 46.5 Å². The molecule has 0 spiro atoms. The number of rotatable bonds is 4. The number of thioether (sulfide) groups is 1. The standard InChI is InChI=1S/C26H20F3N3O5S2/c27-26(28,29)10-3-1-4-11(7-10)30-15(33)9-32-23(34)17-12-8-13(18(17)24(32)35)20-16(12)19(14-5-2-6-37-14)21-22(38-20)31-25(36)39-21/h1-7,12-13,16-20H,8-9H2,(H,30,33)(H,31,36)/t12-,13-,16+,17-,18-,19-,20+/m1/s1. The Hall–Kier alpha value is -3.32. The van der Waals surface area contributed by atoms with Crippen molar-refractivity contribution in [2.24, 2.45) is 29.6 Å². The van der Waals surface area contributed by atoms with E-state index in [1.165, 1.54) is 12.1 Å². The van der Waals surface area contributed by atoms with Gasteiger partial charge in [-0.15, -0.1) is 11.8 Å². The molecule has 1 aromatic carbocycles. The van der Waals surface area contributed by atoms with E-state index in [-0.39, 0.29) is 39.5 Å². The summed E-state index contributed by atoms with van der Waals surface area (Å²) in [5.41, 5.74) is -0.987. The number of carbonyl (C=O) groups is 3. The number of aromatic amines is 1. The van der Waals surface area contributed by atoms with Gasteiger partial charge in [0.25, 0.3) is 0 Å². The highest BCUT2D eigenvalue weighted by Crippen LogP contribution is 2.68. The zero-order valence-electron chi connectivity index (χ0n) is 19.9. The fraction of sp³-hybridized carbons (Fsp3) is 0.385.